The molecule has 0 aromatic rings. The van der Waals surface area contributed by atoms with Gasteiger partial charge in [-0.2, -0.15) is 0 Å². The molecule has 83 heavy (non-hydrogen) atoms. The van der Waals surface area contributed by atoms with Gasteiger partial charge in [-0.1, -0.05) is 106 Å². The fourth-order valence-electron chi connectivity index (χ4n) is 11.0. The summed E-state index contributed by atoms with van der Waals surface area (Å²) in [6.07, 6.45) is -2.61. The number of likely N-dealkylation sites (N-methyl/N-ethyl adjacent to an activating group) is 1. The Bertz CT molecular complexity index is 2190. The second-order valence-electron chi connectivity index (χ2n) is 23.0. The summed E-state index contributed by atoms with van der Waals surface area (Å²) in [4.78, 5) is 31.1. The molecule has 4 fully saturated rings. The van der Waals surface area contributed by atoms with Crippen molar-refractivity contribution in [3.8, 4) is 0 Å². The summed E-state index contributed by atoms with van der Waals surface area (Å²) in [5, 5.41) is 158. The summed E-state index contributed by atoms with van der Waals surface area (Å²) < 4.78 is 29.6. The summed E-state index contributed by atoms with van der Waals surface area (Å²) in [5.41, 5.74) is 0. The van der Waals surface area contributed by atoms with Gasteiger partial charge in [-0.05, 0) is 39.7 Å². The number of hydrogen-bond acceptors (Lipinski definition) is 23. The normalized spacial score (nSPS) is 45.2. The Morgan fingerprint density at radius 1 is 0.651 bits per heavy atom. The molecule has 0 saturated carbocycles. The summed E-state index contributed by atoms with van der Waals surface area (Å²) >= 11 is 0. The molecular formula is C59H95N3O21. The number of carbonyl (C=O) groups is 2. The van der Waals surface area contributed by atoms with Gasteiger partial charge < -0.3 is 110 Å². The molecule has 3 unspecified atom stereocenters. The van der Waals surface area contributed by atoms with Crippen LogP contribution in [0.2, 0.25) is 0 Å². The monoisotopic (exact) mass is 1180 g/mol. The van der Waals surface area contributed by atoms with Crippen LogP contribution >= 0.6 is 0 Å². The molecule has 15 N–H and O–H groups in total. The topological polar surface area (TPSA) is 382 Å². The summed E-state index contributed by atoms with van der Waals surface area (Å²) in [5.74, 6) is -8.11. The molecule has 0 aromatic carbocycles. The van der Waals surface area contributed by atoms with Crippen LogP contribution in [0.25, 0.3) is 0 Å². The van der Waals surface area contributed by atoms with Crippen LogP contribution in [0, 0.1) is 17.8 Å². The first kappa shape index (κ1) is 70.1. The number of aliphatic hydroxyl groups excluding tert-OH is 12. The third-order valence-electron chi connectivity index (χ3n) is 16.4. The zero-order valence-corrected chi connectivity index (χ0v) is 48.3. The molecular weight excluding hydrogens is 1090 g/mol. The number of esters is 1. The van der Waals surface area contributed by atoms with Crippen LogP contribution in [-0.2, 0) is 33.3 Å². The van der Waals surface area contributed by atoms with Gasteiger partial charge >= 0.3 is 5.97 Å². The highest BCUT2D eigenvalue weighted by Crippen LogP contribution is 2.39. The van der Waals surface area contributed by atoms with Gasteiger partial charge in [0.05, 0.1) is 98.7 Å². The maximum atomic E-state index is 14.6. The van der Waals surface area contributed by atoms with E-state index in [9.17, 15) is 81.1 Å². The van der Waals surface area contributed by atoms with Gasteiger partial charge in [-0.25, -0.2) is 0 Å². The molecule has 24 heteroatoms. The lowest BCUT2D eigenvalue weighted by Crippen LogP contribution is -2.69. The lowest BCUT2D eigenvalue weighted by molar-refractivity contribution is -0.323. The Labute approximate surface area is 486 Å². The number of fused-ring (bicyclic) bond motifs is 2. The van der Waals surface area contributed by atoms with E-state index < -0.39 is 184 Å². The second kappa shape index (κ2) is 33.4. The van der Waals surface area contributed by atoms with E-state index in [1.807, 2.05) is 19.9 Å². The predicted molar refractivity (Wildman–Crippen MR) is 301 cm³/mol. The molecule has 0 aromatic heterocycles. The second-order valence-corrected chi connectivity index (χ2v) is 23.0. The zero-order valence-electron chi connectivity index (χ0n) is 48.3. The Balaban J connectivity index is 1.44. The number of nitrogens with zero attached hydrogens (tertiary/aromatic N) is 2. The predicted octanol–water partition coefficient (Wildman–Crippen LogP) is -1.78. The smallest absolute Gasteiger partial charge is 0.308 e. The van der Waals surface area contributed by atoms with Gasteiger partial charge in [-0.15, -0.1) is 0 Å². The molecule has 472 valence electrons. The highest BCUT2D eigenvalue weighted by molar-refractivity contribution is 5.80. The van der Waals surface area contributed by atoms with Crippen molar-refractivity contribution in [1.29, 1.82) is 0 Å². The lowest BCUT2D eigenvalue weighted by Gasteiger charge is -2.48. The van der Waals surface area contributed by atoms with Crippen molar-refractivity contribution >= 4 is 11.9 Å². The number of amides is 1. The number of ether oxygens (including phenoxy) is 5. The van der Waals surface area contributed by atoms with Crippen molar-refractivity contribution in [2.75, 3.05) is 45.9 Å². The molecule has 2 bridgehead atoms. The molecule has 0 aliphatic carbocycles. The fraction of sp³-hybridized carbons (Fsp3) is 0.729. The van der Waals surface area contributed by atoms with Crippen molar-refractivity contribution in [2.24, 2.45) is 17.8 Å². The number of piperazine rings is 1. The van der Waals surface area contributed by atoms with Gasteiger partial charge in [0.25, 0.3) is 0 Å². The van der Waals surface area contributed by atoms with Crippen molar-refractivity contribution in [3.63, 3.8) is 0 Å². The molecule has 5 aliphatic rings. The fourth-order valence-corrected chi connectivity index (χ4v) is 11.0. The van der Waals surface area contributed by atoms with Gasteiger partial charge in [0, 0.05) is 63.7 Å². The number of hydrogen-bond donors (Lipinski definition) is 15. The molecule has 5 aliphatic heterocycles. The standard InChI is InChI=1S/C59H95N3O21/c1-6-61-23-25-62(26-24-61)56(76)49-45(68)32-58(77)31-41(65)28-44(67)43(66)22-21-39(63)27-40(64)29-48(70)80-37(4)36(3)51(71)35(2)19-17-15-13-11-9-7-8-10-12-14-16-18-20-42(30-47(49)83-58)82-57-54(74)50(52(72)38(5)81-57)60-34-59(78)55(75)53(73)46(69)33-79-59/h7-20,35-47,49-55,57,60,63-69,71-75,77-78H,6,21-34H2,1-5H3/b8-7+,11-9+,12-10+,15-13+,16-14+,19-17+,20-18+/t35-,36?,37-,38+,39+,40+,41-,42-,43+,44+,45-,46+,47?,49?,50-,51+,52+,53-,54-,55-,57-,58+,59+/m0/s1. The molecule has 5 rings (SSSR count). The van der Waals surface area contributed by atoms with Crippen molar-refractivity contribution in [3.05, 3.63) is 85.1 Å². The minimum Gasteiger partial charge on any atom is -0.462 e. The molecule has 4 saturated heterocycles. The van der Waals surface area contributed by atoms with E-state index in [2.05, 4.69) is 10.2 Å². The number of nitrogens with one attached hydrogen (secondary N) is 1. The van der Waals surface area contributed by atoms with Crippen LogP contribution in [-0.4, -0.2) is 261 Å². The van der Waals surface area contributed by atoms with Crippen LogP contribution in [0.1, 0.15) is 86.0 Å². The minimum atomic E-state index is -2.46. The van der Waals surface area contributed by atoms with Crippen LogP contribution in [0.15, 0.2) is 85.1 Å². The molecule has 1 amide bonds. The van der Waals surface area contributed by atoms with Crippen LogP contribution in [0.4, 0.5) is 0 Å². The first-order chi connectivity index (χ1) is 39.3. The van der Waals surface area contributed by atoms with Crippen molar-refractivity contribution < 1.29 is 105 Å². The van der Waals surface area contributed by atoms with E-state index in [-0.39, 0.29) is 31.6 Å². The SMILES string of the molecule is CCN1CCN(C(=O)C2C3C[C@@H](O[C@@H]4O[C@H](C)[C@@H](O)[C@H](NC[C@@]5(O)OC[C@@H](O)[C@H](O)[C@@H]5O)[C@@H]4O)/C=C/C=C/C=C/C=C/C=C/C=C/C=C/[C@H](C)[C@@H](O)C(C)[C@H](C)OC(=O)C[C@H](O)C[C@H](O)CC[C@@H](O)[C@H](O)C[C@H](O)C[C@](O)(C[C@@H]2O)O3)CC1. The third kappa shape index (κ3) is 21.0. The highest BCUT2D eigenvalue weighted by Gasteiger charge is 2.53. The van der Waals surface area contributed by atoms with Gasteiger partial charge in [-0.3, -0.25) is 9.59 Å². The number of carbonyl (C=O) groups excluding carboxylic acids is 2. The van der Waals surface area contributed by atoms with Gasteiger partial charge in [0.1, 0.15) is 30.5 Å². The lowest BCUT2D eigenvalue weighted by atomic mass is 9.81. The van der Waals surface area contributed by atoms with Crippen LogP contribution < -0.4 is 5.32 Å². The average molecular weight is 1180 g/mol. The van der Waals surface area contributed by atoms with Crippen LogP contribution in [0.5, 0.6) is 0 Å². The van der Waals surface area contributed by atoms with E-state index in [0.717, 1.165) is 6.54 Å². The molecule has 5 heterocycles. The Morgan fingerprint density at radius 2 is 1.25 bits per heavy atom. The maximum Gasteiger partial charge on any atom is 0.308 e. The van der Waals surface area contributed by atoms with E-state index in [1.54, 1.807) is 97.7 Å². The highest BCUT2D eigenvalue weighted by atomic mass is 16.7. The Kier molecular flexibility index (Phi) is 28.2. The van der Waals surface area contributed by atoms with E-state index in [4.69, 9.17) is 23.7 Å². The number of aliphatic hydroxyl groups is 14. The first-order valence-corrected chi connectivity index (χ1v) is 29.1. The van der Waals surface area contributed by atoms with Gasteiger partial charge in [0.15, 0.2) is 12.1 Å². The molecule has 23 atom stereocenters. The number of cyclic esters (lactones) is 1. The largest absolute Gasteiger partial charge is 0.462 e. The first-order valence-electron chi connectivity index (χ1n) is 29.1. The van der Waals surface area contributed by atoms with Crippen molar-refractivity contribution in [1.82, 2.24) is 15.1 Å². The van der Waals surface area contributed by atoms with Crippen molar-refractivity contribution in [2.45, 2.75) is 208 Å². The number of allylic oxidation sites excluding steroid dienone is 12. The van der Waals surface area contributed by atoms with Gasteiger partial charge in [0.2, 0.25) is 11.7 Å². The summed E-state index contributed by atoms with van der Waals surface area (Å²) in [7, 11) is 0. The zero-order chi connectivity index (χ0) is 61.2. The Morgan fingerprint density at radius 3 is 1.87 bits per heavy atom. The Hall–Kier alpha value is -3.68. The van der Waals surface area contributed by atoms with E-state index >= 15 is 0 Å². The molecule has 24 nitrogen and oxygen atoms in total. The molecule has 0 spiro atoms. The molecule has 0 radical (unpaired) electrons. The minimum absolute atomic E-state index is 0.124. The summed E-state index contributed by atoms with van der Waals surface area (Å²) in [6.45, 7) is 10.0. The summed E-state index contributed by atoms with van der Waals surface area (Å²) in [6, 6.07) is -1.34. The average Bonchev–Trinajstić information content (AvgIpc) is 3.06. The van der Waals surface area contributed by atoms with E-state index in [1.165, 1.54) is 6.92 Å². The van der Waals surface area contributed by atoms with Crippen LogP contribution in [0.3, 0.4) is 0 Å². The number of rotatable bonds is 7. The third-order valence-corrected chi connectivity index (χ3v) is 16.4. The quantitative estimate of drug-likeness (QED) is 0.125. The van der Waals surface area contributed by atoms with E-state index in [0.29, 0.717) is 26.2 Å². The maximum absolute atomic E-state index is 14.6.